The zero-order chi connectivity index (χ0) is 29.0. The van der Waals surface area contributed by atoms with Crippen LogP contribution in [-0.4, -0.2) is 37.5 Å². The molecule has 2 atom stereocenters. The van der Waals surface area contributed by atoms with Crippen molar-refractivity contribution in [3.8, 4) is 5.75 Å². The van der Waals surface area contributed by atoms with E-state index in [1.54, 1.807) is 32.3 Å². The first-order valence-electron chi connectivity index (χ1n) is 12.8. The van der Waals surface area contributed by atoms with Crippen LogP contribution in [0.15, 0.2) is 48.7 Å². The minimum atomic E-state index is -4.63. The molecular formula is C29H36F3N3O3Si. The Morgan fingerprint density at radius 1 is 1.00 bits per heavy atom. The Balaban J connectivity index is 1.80. The van der Waals surface area contributed by atoms with Gasteiger partial charge in [0.05, 0.1) is 30.3 Å². The number of fused-ring (bicyclic) bond motifs is 1. The third-order valence-electron chi connectivity index (χ3n) is 8.00. The van der Waals surface area contributed by atoms with E-state index in [1.807, 2.05) is 65.0 Å². The second kappa shape index (κ2) is 9.82. The average Bonchev–Trinajstić information content (AvgIpc) is 3.39. The number of anilines is 1. The van der Waals surface area contributed by atoms with Crippen molar-refractivity contribution in [3.05, 3.63) is 76.9 Å². The summed E-state index contributed by atoms with van der Waals surface area (Å²) in [5.41, 5.74) is 2.30. The maximum Gasteiger partial charge on any atom is 0.419 e. The van der Waals surface area contributed by atoms with E-state index in [1.165, 1.54) is 6.20 Å². The van der Waals surface area contributed by atoms with Crippen LogP contribution in [-0.2, 0) is 14.6 Å². The van der Waals surface area contributed by atoms with Crippen molar-refractivity contribution in [1.82, 2.24) is 9.97 Å². The molecule has 39 heavy (non-hydrogen) atoms. The SMILES string of the molecule is COc1ccc(C(c2ccc3c(c2)NC(=O)C3(C)C)c2ncc(C(O[Si](C)(C)C(C)(C)C)C(F)(F)F)[nH]2)cc1. The van der Waals surface area contributed by atoms with E-state index in [4.69, 9.17) is 9.16 Å². The molecule has 1 aliphatic heterocycles. The number of alkyl halides is 3. The number of aromatic nitrogens is 2. The number of rotatable bonds is 7. The van der Waals surface area contributed by atoms with Crippen LogP contribution in [0.25, 0.3) is 0 Å². The van der Waals surface area contributed by atoms with E-state index >= 15 is 0 Å². The average molecular weight is 560 g/mol. The van der Waals surface area contributed by atoms with Crippen LogP contribution < -0.4 is 10.1 Å². The van der Waals surface area contributed by atoms with Crippen LogP contribution in [0.3, 0.4) is 0 Å². The Kier molecular flexibility index (Phi) is 7.27. The highest BCUT2D eigenvalue weighted by molar-refractivity contribution is 6.74. The van der Waals surface area contributed by atoms with Gasteiger partial charge < -0.3 is 19.5 Å². The molecule has 0 aliphatic carbocycles. The van der Waals surface area contributed by atoms with Gasteiger partial charge in [0, 0.05) is 5.69 Å². The fraction of sp³-hybridized carbons (Fsp3) is 0.448. The number of H-pyrrole nitrogens is 1. The summed E-state index contributed by atoms with van der Waals surface area (Å²) in [5, 5.41) is 2.52. The quantitative estimate of drug-likeness (QED) is 0.295. The van der Waals surface area contributed by atoms with Crippen molar-refractivity contribution in [3.63, 3.8) is 0 Å². The summed E-state index contributed by atoms with van der Waals surface area (Å²) in [7, 11) is -1.21. The van der Waals surface area contributed by atoms with E-state index < -0.39 is 37.0 Å². The summed E-state index contributed by atoms with van der Waals surface area (Å²) in [4.78, 5) is 19.9. The topological polar surface area (TPSA) is 76.2 Å². The van der Waals surface area contributed by atoms with Gasteiger partial charge in [0.25, 0.3) is 0 Å². The fourth-order valence-electron chi connectivity index (χ4n) is 4.50. The number of nitrogens with one attached hydrogen (secondary N) is 2. The smallest absolute Gasteiger partial charge is 0.419 e. The maximum atomic E-state index is 14.3. The van der Waals surface area contributed by atoms with Crippen molar-refractivity contribution in [2.75, 3.05) is 12.4 Å². The largest absolute Gasteiger partial charge is 0.497 e. The van der Waals surface area contributed by atoms with Crippen LogP contribution in [0.4, 0.5) is 18.9 Å². The number of amides is 1. The van der Waals surface area contributed by atoms with Crippen molar-refractivity contribution in [2.24, 2.45) is 0 Å². The molecule has 0 fully saturated rings. The third-order valence-corrected chi connectivity index (χ3v) is 12.4. The van der Waals surface area contributed by atoms with E-state index in [0.717, 1.165) is 16.7 Å². The van der Waals surface area contributed by atoms with E-state index in [2.05, 4.69) is 15.3 Å². The summed E-state index contributed by atoms with van der Waals surface area (Å²) in [5.74, 6) is 0.358. The van der Waals surface area contributed by atoms with Gasteiger partial charge in [0.15, 0.2) is 14.4 Å². The Hall–Kier alpha value is -3.11. The zero-order valence-corrected chi connectivity index (χ0v) is 24.6. The van der Waals surface area contributed by atoms with E-state index in [0.29, 0.717) is 17.3 Å². The predicted molar refractivity (Wildman–Crippen MR) is 148 cm³/mol. The number of methoxy groups -OCH3 is 1. The highest BCUT2D eigenvalue weighted by atomic mass is 28.4. The van der Waals surface area contributed by atoms with Gasteiger partial charge in [-0.3, -0.25) is 4.79 Å². The molecule has 210 valence electrons. The van der Waals surface area contributed by atoms with E-state index in [-0.39, 0.29) is 11.6 Å². The highest BCUT2D eigenvalue weighted by Crippen LogP contribution is 2.45. The van der Waals surface area contributed by atoms with E-state index in [9.17, 15) is 18.0 Å². The molecule has 4 rings (SSSR count). The zero-order valence-electron chi connectivity index (χ0n) is 23.6. The molecule has 2 N–H and O–H groups in total. The molecule has 1 aromatic heterocycles. The van der Waals surface area contributed by atoms with Crippen LogP contribution in [0.1, 0.15) is 74.8 Å². The normalized spacial score (nSPS) is 16.9. The van der Waals surface area contributed by atoms with Gasteiger partial charge in [0.1, 0.15) is 11.6 Å². The third kappa shape index (κ3) is 5.49. The van der Waals surface area contributed by atoms with Crippen LogP contribution in [0.5, 0.6) is 5.75 Å². The number of nitrogens with zero attached hydrogens (tertiary/aromatic N) is 1. The minimum Gasteiger partial charge on any atom is -0.497 e. The van der Waals surface area contributed by atoms with Crippen molar-refractivity contribution in [1.29, 1.82) is 0 Å². The van der Waals surface area contributed by atoms with Crippen LogP contribution >= 0.6 is 0 Å². The lowest BCUT2D eigenvalue weighted by Gasteiger charge is -2.39. The van der Waals surface area contributed by atoms with Gasteiger partial charge in [-0.25, -0.2) is 4.98 Å². The minimum absolute atomic E-state index is 0.105. The Morgan fingerprint density at radius 2 is 1.62 bits per heavy atom. The highest BCUT2D eigenvalue weighted by Gasteiger charge is 2.49. The first kappa shape index (κ1) is 28.9. The standard InChI is InChI=1S/C29H36F3N3O3Si/c1-27(2,3)39(7,8)38-24(29(30,31)32)22-16-33-25(34-22)23(17-9-12-19(37-6)13-10-17)18-11-14-20-21(15-18)35-26(36)28(20,4)5/h9-16,23-24H,1-8H3,(H,33,34)(H,35,36). The molecule has 0 saturated heterocycles. The monoisotopic (exact) mass is 559 g/mol. The first-order chi connectivity index (χ1) is 18.0. The van der Waals surface area contributed by atoms with Gasteiger partial charge in [-0.15, -0.1) is 0 Å². The molecule has 0 bridgehead atoms. The molecule has 1 amide bonds. The van der Waals surface area contributed by atoms with Gasteiger partial charge >= 0.3 is 6.18 Å². The molecule has 10 heteroatoms. The van der Waals surface area contributed by atoms with Crippen molar-refractivity contribution in [2.45, 2.75) is 76.4 Å². The van der Waals surface area contributed by atoms with Gasteiger partial charge in [-0.05, 0) is 66.9 Å². The molecule has 6 nitrogen and oxygen atoms in total. The molecule has 1 aliphatic rings. The summed E-state index contributed by atoms with van der Waals surface area (Å²) in [6, 6.07) is 13.0. The maximum absolute atomic E-state index is 14.3. The summed E-state index contributed by atoms with van der Waals surface area (Å²) < 4.78 is 54.1. The lowest BCUT2D eigenvalue weighted by Crippen LogP contribution is -2.44. The number of imidazole rings is 1. The molecule has 2 heterocycles. The number of halogens is 3. The number of ether oxygens (including phenoxy) is 1. The summed E-state index contributed by atoms with van der Waals surface area (Å²) in [6.07, 6.45) is -5.54. The van der Waals surface area contributed by atoms with Crippen molar-refractivity contribution < 1.29 is 27.1 Å². The van der Waals surface area contributed by atoms with Crippen LogP contribution in [0.2, 0.25) is 18.1 Å². The van der Waals surface area contributed by atoms with Gasteiger partial charge in [-0.2, -0.15) is 13.2 Å². The lowest BCUT2D eigenvalue weighted by molar-refractivity contribution is -0.202. The molecular weight excluding hydrogens is 523 g/mol. The number of benzene rings is 2. The summed E-state index contributed by atoms with van der Waals surface area (Å²) >= 11 is 0. The number of aromatic amines is 1. The number of carbonyl (C=O) groups excluding carboxylic acids is 1. The van der Waals surface area contributed by atoms with Gasteiger partial charge in [-0.1, -0.05) is 45.0 Å². The molecule has 0 saturated carbocycles. The Morgan fingerprint density at radius 3 is 2.18 bits per heavy atom. The number of carbonyl (C=O) groups is 1. The first-order valence-corrected chi connectivity index (χ1v) is 15.8. The molecule has 3 aromatic rings. The second-order valence-corrected chi connectivity index (χ2v) is 16.9. The number of hydrogen-bond acceptors (Lipinski definition) is 4. The predicted octanol–water partition coefficient (Wildman–Crippen LogP) is 7.45. The molecule has 0 spiro atoms. The molecule has 2 unspecified atom stereocenters. The molecule has 2 aromatic carbocycles. The number of hydrogen-bond donors (Lipinski definition) is 2. The summed E-state index contributed by atoms with van der Waals surface area (Å²) in [6.45, 7) is 13.0. The van der Waals surface area contributed by atoms with Crippen LogP contribution in [0, 0.1) is 0 Å². The van der Waals surface area contributed by atoms with Gasteiger partial charge in [0.2, 0.25) is 5.91 Å². The Bertz CT molecular complexity index is 1360. The van der Waals surface area contributed by atoms with Crippen molar-refractivity contribution >= 4 is 19.9 Å². The second-order valence-electron chi connectivity index (χ2n) is 12.1. The lowest BCUT2D eigenvalue weighted by atomic mass is 9.83. The molecule has 0 radical (unpaired) electrons. The Labute approximate surface area is 228 Å². The fourth-order valence-corrected chi connectivity index (χ4v) is 5.71.